The van der Waals surface area contributed by atoms with Crippen LogP contribution in [0.5, 0.6) is 0 Å². The van der Waals surface area contributed by atoms with Gasteiger partial charge >= 0.3 is 0 Å². The molecule has 1 aromatic heterocycles. The first kappa shape index (κ1) is 16.5. The number of rotatable bonds is 3. The Morgan fingerprint density at radius 1 is 1.21 bits per heavy atom. The molecule has 0 aliphatic rings. The molecule has 0 spiro atoms. The highest BCUT2D eigenvalue weighted by molar-refractivity contribution is 6.36. The molecular formula is C17H13Cl2N3O2. The normalized spacial score (nSPS) is 10.8. The summed E-state index contributed by atoms with van der Waals surface area (Å²) in [5.41, 5.74) is 0.453. The first-order chi connectivity index (χ1) is 11.5. The molecule has 3 aromatic rings. The maximum Gasteiger partial charge on any atom is 0.280 e. The van der Waals surface area contributed by atoms with Gasteiger partial charge in [-0.15, -0.1) is 0 Å². The highest BCUT2D eigenvalue weighted by Crippen LogP contribution is 2.25. The molecule has 0 saturated carbocycles. The third-order valence-electron chi connectivity index (χ3n) is 3.56. The lowest BCUT2D eigenvalue weighted by molar-refractivity contribution is 0.101. The summed E-state index contributed by atoms with van der Waals surface area (Å²) in [6.07, 6.45) is 0. The maximum atomic E-state index is 12.6. The fourth-order valence-corrected chi connectivity index (χ4v) is 2.86. The van der Waals surface area contributed by atoms with Crippen LogP contribution in [-0.2, 0) is 6.54 Å². The van der Waals surface area contributed by atoms with Crippen LogP contribution in [0.1, 0.15) is 17.4 Å². The van der Waals surface area contributed by atoms with Gasteiger partial charge < -0.3 is 5.32 Å². The van der Waals surface area contributed by atoms with E-state index in [9.17, 15) is 9.59 Å². The number of nitrogens with one attached hydrogen (secondary N) is 1. The number of anilines is 1. The highest BCUT2D eigenvalue weighted by atomic mass is 35.5. The zero-order valence-corrected chi connectivity index (χ0v) is 14.2. The van der Waals surface area contributed by atoms with Crippen molar-refractivity contribution in [1.29, 1.82) is 0 Å². The van der Waals surface area contributed by atoms with E-state index in [4.69, 9.17) is 23.2 Å². The van der Waals surface area contributed by atoms with E-state index in [1.807, 2.05) is 13.0 Å². The number of hydrogen-bond donors (Lipinski definition) is 1. The number of hydrogen-bond acceptors (Lipinski definition) is 3. The second-order valence-electron chi connectivity index (χ2n) is 5.09. The third-order valence-corrected chi connectivity index (χ3v) is 4.10. The van der Waals surface area contributed by atoms with Gasteiger partial charge in [0.1, 0.15) is 0 Å². The van der Waals surface area contributed by atoms with E-state index in [-0.39, 0.29) is 10.7 Å². The van der Waals surface area contributed by atoms with Gasteiger partial charge in [0.05, 0.1) is 16.2 Å². The molecule has 0 bridgehead atoms. The molecule has 5 nitrogen and oxygen atoms in total. The van der Waals surface area contributed by atoms with Crippen molar-refractivity contribution in [1.82, 2.24) is 9.78 Å². The first-order valence-corrected chi connectivity index (χ1v) is 8.03. The molecule has 1 amide bonds. The quantitative estimate of drug-likeness (QED) is 0.767. The van der Waals surface area contributed by atoms with Gasteiger partial charge in [0.15, 0.2) is 5.69 Å². The van der Waals surface area contributed by atoms with E-state index < -0.39 is 11.3 Å². The van der Waals surface area contributed by atoms with Crippen LogP contribution >= 0.6 is 23.2 Å². The Morgan fingerprint density at radius 2 is 1.96 bits per heavy atom. The minimum absolute atomic E-state index is 0.179. The van der Waals surface area contributed by atoms with Crippen LogP contribution in [0, 0.1) is 0 Å². The predicted molar refractivity (Wildman–Crippen MR) is 96.1 cm³/mol. The van der Waals surface area contributed by atoms with E-state index in [1.165, 1.54) is 6.07 Å². The standard InChI is InChI=1S/C17H13Cl2N3O2/c1-2-22-14-6-4-3-5-11(14)16(23)15(21-22)17(24)20-13-8-7-10(18)9-12(13)19/h3-9H,2H2,1H3,(H,20,24). The van der Waals surface area contributed by atoms with Gasteiger partial charge in [0.2, 0.25) is 5.43 Å². The molecule has 0 aliphatic carbocycles. The van der Waals surface area contributed by atoms with E-state index in [2.05, 4.69) is 10.4 Å². The Morgan fingerprint density at radius 3 is 2.67 bits per heavy atom. The SMILES string of the molecule is CCn1nc(C(=O)Nc2ccc(Cl)cc2Cl)c(=O)c2ccccc21. The molecule has 122 valence electrons. The second-order valence-corrected chi connectivity index (χ2v) is 5.93. The van der Waals surface area contributed by atoms with Crippen molar-refractivity contribution in [3.05, 3.63) is 68.4 Å². The number of fused-ring (bicyclic) bond motifs is 1. The van der Waals surface area contributed by atoms with Gasteiger partial charge in [-0.2, -0.15) is 5.10 Å². The lowest BCUT2D eigenvalue weighted by atomic mass is 10.2. The van der Waals surface area contributed by atoms with E-state index in [0.29, 0.717) is 28.2 Å². The van der Waals surface area contributed by atoms with Crippen LogP contribution in [0.2, 0.25) is 10.0 Å². The lowest BCUT2D eigenvalue weighted by Crippen LogP contribution is -2.27. The van der Waals surface area contributed by atoms with Crippen LogP contribution in [-0.4, -0.2) is 15.7 Å². The summed E-state index contributed by atoms with van der Waals surface area (Å²) in [6, 6.07) is 11.7. The van der Waals surface area contributed by atoms with Crippen molar-refractivity contribution in [3.63, 3.8) is 0 Å². The predicted octanol–water partition coefficient (Wildman–Crippen LogP) is 3.98. The zero-order valence-electron chi connectivity index (χ0n) is 12.7. The fourth-order valence-electron chi connectivity index (χ4n) is 2.40. The molecule has 0 unspecified atom stereocenters. The fraction of sp³-hybridized carbons (Fsp3) is 0.118. The summed E-state index contributed by atoms with van der Waals surface area (Å²) in [6.45, 7) is 2.42. The topological polar surface area (TPSA) is 64.0 Å². The number of carbonyl (C=O) groups excluding carboxylic acids is 1. The Labute approximate surface area is 147 Å². The number of para-hydroxylation sites is 1. The van der Waals surface area contributed by atoms with Crippen molar-refractivity contribution in [2.45, 2.75) is 13.5 Å². The third kappa shape index (κ3) is 3.00. The highest BCUT2D eigenvalue weighted by Gasteiger charge is 2.18. The first-order valence-electron chi connectivity index (χ1n) is 7.27. The molecule has 0 aliphatic heterocycles. The van der Waals surface area contributed by atoms with Gasteiger partial charge in [-0.05, 0) is 37.3 Å². The molecule has 2 aromatic carbocycles. The van der Waals surface area contributed by atoms with Gasteiger partial charge in [0, 0.05) is 17.0 Å². The molecule has 0 radical (unpaired) electrons. The van der Waals surface area contributed by atoms with Crippen molar-refractivity contribution >= 4 is 45.7 Å². The number of benzene rings is 2. The van der Waals surface area contributed by atoms with Crippen LogP contribution < -0.4 is 10.7 Å². The zero-order chi connectivity index (χ0) is 17.3. The van der Waals surface area contributed by atoms with Gasteiger partial charge in [0.25, 0.3) is 5.91 Å². The molecule has 1 N–H and O–H groups in total. The molecule has 24 heavy (non-hydrogen) atoms. The average molecular weight is 362 g/mol. The smallest absolute Gasteiger partial charge is 0.280 e. The average Bonchev–Trinajstić information content (AvgIpc) is 2.58. The molecule has 3 rings (SSSR count). The van der Waals surface area contributed by atoms with E-state index >= 15 is 0 Å². The summed E-state index contributed by atoms with van der Waals surface area (Å²) in [4.78, 5) is 25.1. The Hall–Kier alpha value is -2.37. The number of aryl methyl sites for hydroxylation is 1. The number of halogens is 2. The number of aromatic nitrogens is 2. The molecular weight excluding hydrogens is 349 g/mol. The molecule has 7 heteroatoms. The van der Waals surface area contributed by atoms with E-state index in [1.54, 1.807) is 35.0 Å². The van der Waals surface area contributed by atoms with Crippen molar-refractivity contribution in [3.8, 4) is 0 Å². The number of carbonyl (C=O) groups is 1. The summed E-state index contributed by atoms with van der Waals surface area (Å²) in [7, 11) is 0. The van der Waals surface area contributed by atoms with E-state index in [0.717, 1.165) is 0 Å². The summed E-state index contributed by atoms with van der Waals surface area (Å²) < 4.78 is 1.62. The number of amides is 1. The Kier molecular flexibility index (Phi) is 4.55. The van der Waals surface area contributed by atoms with Crippen molar-refractivity contribution < 1.29 is 4.79 Å². The Balaban J connectivity index is 2.07. The summed E-state index contributed by atoms with van der Waals surface area (Å²) in [5.74, 6) is -0.614. The van der Waals surface area contributed by atoms with Gasteiger partial charge in [-0.3, -0.25) is 14.3 Å². The monoisotopic (exact) mass is 361 g/mol. The lowest BCUT2D eigenvalue weighted by Gasteiger charge is -2.11. The van der Waals surface area contributed by atoms with Crippen molar-refractivity contribution in [2.24, 2.45) is 0 Å². The maximum absolute atomic E-state index is 12.6. The van der Waals surface area contributed by atoms with Crippen LogP contribution in [0.25, 0.3) is 10.9 Å². The summed E-state index contributed by atoms with van der Waals surface area (Å²) in [5, 5.41) is 7.97. The van der Waals surface area contributed by atoms with Crippen LogP contribution in [0.3, 0.4) is 0 Å². The van der Waals surface area contributed by atoms with Gasteiger partial charge in [-0.1, -0.05) is 35.3 Å². The molecule has 0 fully saturated rings. The Bertz CT molecular complexity index is 999. The molecule has 0 saturated heterocycles. The molecule has 0 atom stereocenters. The molecule has 1 heterocycles. The van der Waals surface area contributed by atoms with Crippen LogP contribution in [0.15, 0.2) is 47.3 Å². The van der Waals surface area contributed by atoms with Crippen LogP contribution in [0.4, 0.5) is 5.69 Å². The largest absolute Gasteiger partial charge is 0.319 e. The van der Waals surface area contributed by atoms with Gasteiger partial charge in [-0.25, -0.2) is 0 Å². The summed E-state index contributed by atoms with van der Waals surface area (Å²) >= 11 is 11.9. The minimum atomic E-state index is -0.614. The second kappa shape index (κ2) is 6.63. The van der Waals surface area contributed by atoms with Crippen molar-refractivity contribution in [2.75, 3.05) is 5.32 Å². The number of nitrogens with zero attached hydrogens (tertiary/aromatic N) is 2. The minimum Gasteiger partial charge on any atom is -0.319 e.